The zero-order valence-electron chi connectivity index (χ0n) is 13.0. The van der Waals surface area contributed by atoms with E-state index in [-0.39, 0.29) is 11.7 Å². The third kappa shape index (κ3) is 2.85. The number of nitrogens with one attached hydrogen (secondary N) is 2. The van der Waals surface area contributed by atoms with Crippen molar-refractivity contribution in [3.05, 3.63) is 78.4 Å². The van der Waals surface area contributed by atoms with E-state index in [1.54, 1.807) is 36.4 Å². The van der Waals surface area contributed by atoms with E-state index in [0.29, 0.717) is 27.8 Å². The summed E-state index contributed by atoms with van der Waals surface area (Å²) in [5.74, 6) is 0.0228. The highest BCUT2D eigenvalue weighted by Crippen LogP contribution is 2.23. The van der Waals surface area contributed by atoms with Crippen LogP contribution in [0.1, 0.15) is 10.4 Å². The largest absolute Gasteiger partial charge is 0.322 e. The molecule has 25 heavy (non-hydrogen) atoms. The molecule has 122 valence electrons. The Morgan fingerprint density at radius 1 is 0.960 bits per heavy atom. The number of H-pyrrole nitrogens is 1. The van der Waals surface area contributed by atoms with Gasteiger partial charge in [-0.3, -0.25) is 9.89 Å². The number of anilines is 1. The number of carbonyl (C=O) groups excluding carboxylic acids is 1. The number of hydrogen-bond acceptors (Lipinski definition) is 3. The van der Waals surface area contributed by atoms with Gasteiger partial charge >= 0.3 is 0 Å². The fourth-order valence-corrected chi connectivity index (χ4v) is 2.71. The number of halogens is 1. The van der Waals surface area contributed by atoms with Crippen molar-refractivity contribution in [2.24, 2.45) is 0 Å². The Balaban J connectivity index is 1.61. The standard InChI is InChI=1S/C19H13FN4O/c20-17-10-9-16(14-3-1-2-4-15(14)17)19(25)23-13-7-5-12(6-8-13)18-21-11-22-24-18/h1-11H,(H,23,25)(H,21,22,24). The first-order valence-electron chi connectivity index (χ1n) is 7.67. The summed E-state index contributed by atoms with van der Waals surface area (Å²) in [6.45, 7) is 0. The smallest absolute Gasteiger partial charge is 0.256 e. The fourth-order valence-electron chi connectivity index (χ4n) is 2.71. The Morgan fingerprint density at radius 3 is 2.44 bits per heavy atom. The van der Waals surface area contributed by atoms with Crippen molar-refractivity contribution < 1.29 is 9.18 Å². The van der Waals surface area contributed by atoms with Crippen molar-refractivity contribution in [2.45, 2.75) is 0 Å². The monoisotopic (exact) mass is 332 g/mol. The lowest BCUT2D eigenvalue weighted by Crippen LogP contribution is -2.12. The molecule has 1 heterocycles. The van der Waals surface area contributed by atoms with Crippen molar-refractivity contribution in [3.8, 4) is 11.4 Å². The molecule has 6 heteroatoms. The SMILES string of the molecule is O=C(Nc1ccc(-c2ncn[nH]2)cc1)c1ccc(F)c2ccccc12. The molecule has 4 aromatic rings. The molecule has 0 fully saturated rings. The summed E-state index contributed by atoms with van der Waals surface area (Å²) in [6, 6.07) is 17.0. The molecule has 0 radical (unpaired) electrons. The third-order valence-electron chi connectivity index (χ3n) is 3.95. The van der Waals surface area contributed by atoms with Crippen LogP contribution in [0, 0.1) is 5.82 Å². The summed E-state index contributed by atoms with van der Waals surface area (Å²) in [7, 11) is 0. The summed E-state index contributed by atoms with van der Waals surface area (Å²) in [5, 5.41) is 10.4. The molecule has 3 aromatic carbocycles. The zero-order chi connectivity index (χ0) is 17.2. The van der Waals surface area contributed by atoms with Gasteiger partial charge in [0.05, 0.1) is 0 Å². The van der Waals surface area contributed by atoms with Gasteiger partial charge in [-0.05, 0) is 41.8 Å². The molecule has 0 unspecified atom stereocenters. The molecule has 0 bridgehead atoms. The van der Waals surface area contributed by atoms with E-state index >= 15 is 0 Å². The summed E-state index contributed by atoms with van der Waals surface area (Å²) >= 11 is 0. The number of fused-ring (bicyclic) bond motifs is 1. The van der Waals surface area contributed by atoms with Crippen molar-refractivity contribution in [2.75, 3.05) is 5.32 Å². The summed E-state index contributed by atoms with van der Waals surface area (Å²) in [6.07, 6.45) is 1.44. The molecule has 1 aromatic heterocycles. The first-order chi connectivity index (χ1) is 12.2. The normalized spacial score (nSPS) is 10.8. The summed E-state index contributed by atoms with van der Waals surface area (Å²) < 4.78 is 13.9. The van der Waals surface area contributed by atoms with Crippen LogP contribution in [0.15, 0.2) is 67.0 Å². The van der Waals surface area contributed by atoms with Gasteiger partial charge < -0.3 is 5.32 Å². The second-order valence-corrected chi connectivity index (χ2v) is 5.51. The molecule has 5 nitrogen and oxygen atoms in total. The highest BCUT2D eigenvalue weighted by molar-refractivity contribution is 6.13. The first kappa shape index (κ1) is 15.0. The fraction of sp³-hybridized carbons (Fsp3) is 0. The summed E-state index contributed by atoms with van der Waals surface area (Å²) in [4.78, 5) is 16.7. The third-order valence-corrected chi connectivity index (χ3v) is 3.95. The minimum Gasteiger partial charge on any atom is -0.322 e. The van der Waals surface area contributed by atoms with Crippen LogP contribution in [0.5, 0.6) is 0 Å². The van der Waals surface area contributed by atoms with Crippen LogP contribution < -0.4 is 5.32 Å². The van der Waals surface area contributed by atoms with Crippen LogP contribution in [0.25, 0.3) is 22.2 Å². The molecule has 0 atom stereocenters. The molecule has 0 saturated heterocycles. The molecule has 1 amide bonds. The molecular formula is C19H13FN4O. The van der Waals surface area contributed by atoms with Gasteiger partial charge in [0.15, 0.2) is 5.82 Å². The average molecular weight is 332 g/mol. The van der Waals surface area contributed by atoms with Crippen LogP contribution in [0.2, 0.25) is 0 Å². The van der Waals surface area contributed by atoms with Gasteiger partial charge in [-0.1, -0.05) is 24.3 Å². The quantitative estimate of drug-likeness (QED) is 0.595. The van der Waals surface area contributed by atoms with Crippen LogP contribution >= 0.6 is 0 Å². The lowest BCUT2D eigenvalue weighted by atomic mass is 10.0. The van der Waals surface area contributed by atoms with Crippen molar-refractivity contribution in [1.82, 2.24) is 15.2 Å². The van der Waals surface area contributed by atoms with Crippen molar-refractivity contribution >= 4 is 22.4 Å². The molecule has 0 aliphatic heterocycles. The van der Waals surface area contributed by atoms with Gasteiger partial charge in [0.25, 0.3) is 5.91 Å². The number of carbonyl (C=O) groups is 1. The number of hydrogen-bond donors (Lipinski definition) is 2. The molecule has 2 N–H and O–H groups in total. The van der Waals surface area contributed by atoms with Crippen LogP contribution in [0.3, 0.4) is 0 Å². The van der Waals surface area contributed by atoms with Crippen LogP contribution in [-0.2, 0) is 0 Å². The Morgan fingerprint density at radius 2 is 1.72 bits per heavy atom. The highest BCUT2D eigenvalue weighted by atomic mass is 19.1. The molecule has 0 saturated carbocycles. The number of aromatic nitrogens is 3. The van der Waals surface area contributed by atoms with Gasteiger partial charge in [0, 0.05) is 22.2 Å². The van der Waals surface area contributed by atoms with E-state index in [2.05, 4.69) is 20.5 Å². The second-order valence-electron chi connectivity index (χ2n) is 5.51. The van der Waals surface area contributed by atoms with E-state index in [4.69, 9.17) is 0 Å². The van der Waals surface area contributed by atoms with E-state index < -0.39 is 0 Å². The van der Waals surface area contributed by atoms with E-state index in [1.165, 1.54) is 18.5 Å². The van der Waals surface area contributed by atoms with Crippen molar-refractivity contribution in [3.63, 3.8) is 0 Å². The number of rotatable bonds is 3. The predicted octanol–water partition coefficient (Wildman–Crippen LogP) is 4.02. The number of amides is 1. The maximum atomic E-state index is 13.9. The van der Waals surface area contributed by atoms with Gasteiger partial charge in [0.2, 0.25) is 0 Å². The topological polar surface area (TPSA) is 70.7 Å². The van der Waals surface area contributed by atoms with Gasteiger partial charge in [0.1, 0.15) is 12.1 Å². The predicted molar refractivity (Wildman–Crippen MR) is 93.7 cm³/mol. The average Bonchev–Trinajstić information content (AvgIpc) is 3.17. The summed E-state index contributed by atoms with van der Waals surface area (Å²) in [5.41, 5.74) is 1.93. The van der Waals surface area contributed by atoms with Crippen molar-refractivity contribution in [1.29, 1.82) is 0 Å². The maximum absolute atomic E-state index is 13.9. The Hall–Kier alpha value is -3.54. The molecule has 0 spiro atoms. The molecule has 4 rings (SSSR count). The van der Waals surface area contributed by atoms with Gasteiger partial charge in [-0.2, -0.15) is 5.10 Å². The first-order valence-corrected chi connectivity index (χ1v) is 7.67. The highest BCUT2D eigenvalue weighted by Gasteiger charge is 2.12. The van der Waals surface area contributed by atoms with E-state index in [0.717, 1.165) is 5.56 Å². The van der Waals surface area contributed by atoms with E-state index in [9.17, 15) is 9.18 Å². The lowest BCUT2D eigenvalue weighted by molar-refractivity contribution is 0.102. The minimum absolute atomic E-state index is 0.288. The number of nitrogens with zero attached hydrogens (tertiary/aromatic N) is 2. The van der Waals surface area contributed by atoms with Crippen LogP contribution in [-0.4, -0.2) is 21.1 Å². The second kappa shape index (κ2) is 6.16. The Bertz CT molecular complexity index is 1040. The number of aromatic amines is 1. The lowest BCUT2D eigenvalue weighted by Gasteiger charge is -2.09. The van der Waals surface area contributed by atoms with Gasteiger partial charge in [-0.15, -0.1) is 0 Å². The maximum Gasteiger partial charge on any atom is 0.256 e. The number of benzene rings is 3. The zero-order valence-corrected chi connectivity index (χ0v) is 13.0. The van der Waals surface area contributed by atoms with E-state index in [1.807, 2.05) is 12.1 Å². The Labute approximate surface area is 142 Å². The Kier molecular flexibility index (Phi) is 3.70. The van der Waals surface area contributed by atoms with Crippen LogP contribution in [0.4, 0.5) is 10.1 Å². The van der Waals surface area contributed by atoms with Gasteiger partial charge in [-0.25, -0.2) is 9.37 Å². The minimum atomic E-state index is -0.344. The molecule has 0 aliphatic rings. The molecular weight excluding hydrogens is 319 g/mol. The molecule has 0 aliphatic carbocycles.